The summed E-state index contributed by atoms with van der Waals surface area (Å²) >= 11 is 0. The highest BCUT2D eigenvalue weighted by atomic mass is 16.6. The molecule has 0 aliphatic rings. The van der Waals surface area contributed by atoms with Crippen LogP contribution in [-0.2, 0) is 0 Å². The van der Waals surface area contributed by atoms with Crippen LogP contribution in [0.5, 0.6) is 11.6 Å². The van der Waals surface area contributed by atoms with Gasteiger partial charge in [0.05, 0.1) is 10.6 Å². The number of hydrogen-bond donors (Lipinski definition) is 1. The number of nitrogens with zero attached hydrogens (tertiary/aromatic N) is 2. The number of ether oxygens (including phenoxy) is 1. The van der Waals surface area contributed by atoms with Crippen molar-refractivity contribution in [1.82, 2.24) is 4.98 Å². The predicted molar refractivity (Wildman–Crippen MR) is 94.1 cm³/mol. The molecule has 0 aliphatic carbocycles. The molecule has 7 heteroatoms. The molecule has 26 heavy (non-hydrogen) atoms. The van der Waals surface area contributed by atoms with E-state index in [1.807, 2.05) is 31.2 Å². The molecule has 2 aromatic carbocycles. The largest absolute Gasteiger partial charge is 0.493 e. The van der Waals surface area contributed by atoms with Gasteiger partial charge in [0.25, 0.3) is 5.69 Å². The lowest BCUT2D eigenvalue weighted by Crippen LogP contribution is -2.09. The number of rotatable bonds is 4. The number of aromatic nitrogens is 1. The number of aryl methyl sites for hydroxylation is 1. The Labute approximate surface area is 148 Å². The summed E-state index contributed by atoms with van der Waals surface area (Å²) in [5.74, 6) is -1.13. The van der Waals surface area contributed by atoms with Gasteiger partial charge in [0.15, 0.2) is 0 Å². The fourth-order valence-electron chi connectivity index (χ4n) is 2.29. The lowest BCUT2D eigenvalue weighted by Gasteiger charge is -2.07. The molecule has 0 saturated carbocycles. The molecule has 3 rings (SSSR count). The highest BCUT2D eigenvalue weighted by Gasteiger charge is 2.16. The van der Waals surface area contributed by atoms with Gasteiger partial charge in [-0.2, -0.15) is 0 Å². The second-order valence-electron chi connectivity index (χ2n) is 5.57. The summed E-state index contributed by atoms with van der Waals surface area (Å²) in [6.45, 7) is 1.96. The van der Waals surface area contributed by atoms with Gasteiger partial charge in [0.1, 0.15) is 11.3 Å². The van der Waals surface area contributed by atoms with E-state index in [0.29, 0.717) is 5.69 Å². The normalized spacial score (nSPS) is 10.3. The minimum atomic E-state index is -0.806. The van der Waals surface area contributed by atoms with Crippen LogP contribution in [0.4, 0.5) is 5.69 Å². The first-order valence-corrected chi connectivity index (χ1v) is 7.68. The van der Waals surface area contributed by atoms with E-state index in [9.17, 15) is 20.0 Å². The molecule has 0 radical (unpaired) electrons. The summed E-state index contributed by atoms with van der Waals surface area (Å²) in [6.07, 6.45) is 0. The molecule has 0 aliphatic heterocycles. The number of esters is 1. The molecule has 0 bridgehead atoms. The Morgan fingerprint density at radius 2 is 1.69 bits per heavy atom. The molecule has 7 nitrogen and oxygen atoms in total. The van der Waals surface area contributed by atoms with Crippen molar-refractivity contribution in [3.63, 3.8) is 0 Å². The molecule has 0 spiro atoms. The smallest absolute Gasteiger partial charge is 0.349 e. The number of nitro groups is 1. The average Bonchev–Trinajstić information content (AvgIpc) is 2.62. The zero-order valence-corrected chi connectivity index (χ0v) is 13.7. The SMILES string of the molecule is Cc1ccc(-c2ccc(C(=O)Oc3ccc([N+](=O)[O-])cc3)c(O)n2)cc1. The van der Waals surface area contributed by atoms with Crippen molar-refractivity contribution < 1.29 is 19.6 Å². The Bertz CT molecular complexity index is 966. The van der Waals surface area contributed by atoms with Crippen LogP contribution in [0, 0.1) is 17.0 Å². The molecule has 1 heterocycles. The first-order chi connectivity index (χ1) is 12.4. The molecule has 0 fully saturated rings. The van der Waals surface area contributed by atoms with Gasteiger partial charge in [-0.1, -0.05) is 29.8 Å². The van der Waals surface area contributed by atoms with Crippen molar-refractivity contribution >= 4 is 11.7 Å². The van der Waals surface area contributed by atoms with Crippen molar-refractivity contribution in [2.45, 2.75) is 6.92 Å². The van der Waals surface area contributed by atoms with Crippen LogP contribution in [-0.4, -0.2) is 21.0 Å². The molecule has 1 N–H and O–H groups in total. The summed E-state index contributed by atoms with van der Waals surface area (Å²) in [5, 5.41) is 20.7. The maximum atomic E-state index is 12.2. The van der Waals surface area contributed by atoms with Gasteiger partial charge < -0.3 is 9.84 Å². The van der Waals surface area contributed by atoms with Crippen LogP contribution in [0.15, 0.2) is 60.7 Å². The van der Waals surface area contributed by atoms with Crippen LogP contribution in [0.2, 0.25) is 0 Å². The summed E-state index contributed by atoms with van der Waals surface area (Å²) in [4.78, 5) is 26.3. The molecular weight excluding hydrogens is 336 g/mol. The summed E-state index contributed by atoms with van der Waals surface area (Å²) in [5.41, 5.74) is 2.22. The Hall–Kier alpha value is -3.74. The number of hydrogen-bond acceptors (Lipinski definition) is 6. The third-order valence-corrected chi connectivity index (χ3v) is 3.70. The van der Waals surface area contributed by atoms with E-state index < -0.39 is 16.8 Å². The third kappa shape index (κ3) is 3.67. The van der Waals surface area contributed by atoms with Crippen LogP contribution in [0.3, 0.4) is 0 Å². The van der Waals surface area contributed by atoms with Crippen molar-refractivity contribution in [2.75, 3.05) is 0 Å². The predicted octanol–water partition coefficient (Wildman–Crippen LogP) is 3.89. The topological polar surface area (TPSA) is 103 Å². The number of carbonyl (C=O) groups excluding carboxylic acids is 1. The maximum absolute atomic E-state index is 12.2. The molecule has 0 amide bonds. The number of nitro benzene ring substituents is 1. The number of benzene rings is 2. The lowest BCUT2D eigenvalue weighted by atomic mass is 10.1. The first-order valence-electron chi connectivity index (χ1n) is 7.68. The minimum absolute atomic E-state index is 0.0979. The summed E-state index contributed by atoms with van der Waals surface area (Å²) in [6, 6.07) is 15.7. The Morgan fingerprint density at radius 3 is 2.27 bits per heavy atom. The van der Waals surface area contributed by atoms with Crippen LogP contribution in [0.1, 0.15) is 15.9 Å². The number of aromatic hydroxyl groups is 1. The van der Waals surface area contributed by atoms with E-state index in [2.05, 4.69) is 4.98 Å². The third-order valence-electron chi connectivity index (χ3n) is 3.70. The van der Waals surface area contributed by atoms with Crippen molar-refractivity contribution in [3.8, 4) is 22.9 Å². The van der Waals surface area contributed by atoms with E-state index in [-0.39, 0.29) is 17.0 Å². The second-order valence-corrected chi connectivity index (χ2v) is 5.57. The van der Waals surface area contributed by atoms with Crippen molar-refractivity contribution in [2.24, 2.45) is 0 Å². The summed E-state index contributed by atoms with van der Waals surface area (Å²) in [7, 11) is 0. The Balaban J connectivity index is 1.79. The Kier molecular flexibility index (Phi) is 4.62. The minimum Gasteiger partial charge on any atom is -0.493 e. The van der Waals surface area contributed by atoms with Crippen molar-refractivity contribution in [1.29, 1.82) is 0 Å². The lowest BCUT2D eigenvalue weighted by molar-refractivity contribution is -0.384. The fourth-order valence-corrected chi connectivity index (χ4v) is 2.29. The molecule has 1 aromatic heterocycles. The van der Waals surface area contributed by atoms with E-state index in [1.54, 1.807) is 6.07 Å². The van der Waals surface area contributed by atoms with Gasteiger partial charge >= 0.3 is 5.97 Å². The molecule has 0 atom stereocenters. The molecule has 0 saturated heterocycles. The van der Waals surface area contributed by atoms with Gasteiger partial charge in [-0.05, 0) is 31.2 Å². The summed E-state index contributed by atoms with van der Waals surface area (Å²) < 4.78 is 5.12. The quantitative estimate of drug-likeness (QED) is 0.331. The van der Waals surface area contributed by atoms with E-state index >= 15 is 0 Å². The van der Waals surface area contributed by atoms with Crippen LogP contribution < -0.4 is 4.74 Å². The number of pyridine rings is 1. The number of carbonyl (C=O) groups is 1. The Morgan fingerprint density at radius 1 is 1.04 bits per heavy atom. The number of non-ortho nitro benzene ring substituents is 1. The van der Waals surface area contributed by atoms with Gasteiger partial charge in [-0.15, -0.1) is 0 Å². The fraction of sp³-hybridized carbons (Fsp3) is 0.0526. The molecule has 3 aromatic rings. The van der Waals surface area contributed by atoms with E-state index in [4.69, 9.17) is 4.74 Å². The van der Waals surface area contributed by atoms with Crippen LogP contribution in [0.25, 0.3) is 11.3 Å². The van der Waals surface area contributed by atoms with E-state index in [1.165, 1.54) is 30.3 Å². The van der Waals surface area contributed by atoms with Gasteiger partial charge in [0.2, 0.25) is 5.88 Å². The maximum Gasteiger partial charge on any atom is 0.349 e. The first kappa shape index (κ1) is 17.1. The zero-order chi connectivity index (χ0) is 18.7. The molecule has 0 unspecified atom stereocenters. The van der Waals surface area contributed by atoms with Gasteiger partial charge in [-0.3, -0.25) is 10.1 Å². The second kappa shape index (κ2) is 7.02. The van der Waals surface area contributed by atoms with E-state index in [0.717, 1.165) is 11.1 Å². The zero-order valence-electron chi connectivity index (χ0n) is 13.7. The monoisotopic (exact) mass is 350 g/mol. The molecule has 130 valence electrons. The highest BCUT2D eigenvalue weighted by Crippen LogP contribution is 2.25. The molecular formula is C19H14N2O5. The van der Waals surface area contributed by atoms with Crippen molar-refractivity contribution in [3.05, 3.63) is 81.9 Å². The van der Waals surface area contributed by atoms with Gasteiger partial charge in [-0.25, -0.2) is 9.78 Å². The standard InChI is InChI=1S/C19H14N2O5/c1-12-2-4-13(5-3-12)17-11-10-16(18(22)20-17)19(23)26-15-8-6-14(7-9-15)21(24)25/h2-11H,1H3,(H,20,22). The highest BCUT2D eigenvalue weighted by molar-refractivity contribution is 5.93. The van der Waals surface area contributed by atoms with Crippen LogP contribution >= 0.6 is 0 Å². The van der Waals surface area contributed by atoms with Gasteiger partial charge in [0, 0.05) is 17.7 Å². The average molecular weight is 350 g/mol.